The molecule has 12 heteroatoms. The van der Waals surface area contributed by atoms with E-state index in [0.717, 1.165) is 0 Å². The monoisotopic (exact) mass is 332 g/mol. The number of rotatable bonds is 4. The first-order chi connectivity index (χ1) is 8.67. The van der Waals surface area contributed by atoms with E-state index in [1.165, 1.54) is 0 Å². The van der Waals surface area contributed by atoms with Gasteiger partial charge in [0, 0.05) is 12.8 Å². The lowest BCUT2D eigenvalue weighted by molar-refractivity contribution is -0.189. The Morgan fingerprint density at radius 2 is 0.700 bits per heavy atom. The Morgan fingerprint density at radius 1 is 0.500 bits per heavy atom. The van der Waals surface area contributed by atoms with Gasteiger partial charge in [0.2, 0.25) is 25.2 Å². The molecule has 0 heterocycles. The lowest BCUT2D eigenvalue weighted by atomic mass is 10.3. The number of alkyl halides is 12. The summed E-state index contributed by atoms with van der Waals surface area (Å²) in [5.74, 6) is 0. The summed E-state index contributed by atoms with van der Waals surface area (Å²) in [5.41, 5.74) is 0. The van der Waals surface area contributed by atoms with Crippen LogP contribution in [-0.2, 0) is 0 Å². The molecular formula is C8H8F12. The van der Waals surface area contributed by atoms with Crippen molar-refractivity contribution < 1.29 is 52.7 Å². The van der Waals surface area contributed by atoms with Gasteiger partial charge in [-0.3, -0.25) is 0 Å². The molecule has 0 saturated carbocycles. The van der Waals surface area contributed by atoms with Gasteiger partial charge in [0.1, 0.15) is 0 Å². The van der Waals surface area contributed by atoms with Crippen LogP contribution >= 0.6 is 0 Å². The molecule has 2 unspecified atom stereocenters. The van der Waals surface area contributed by atoms with Gasteiger partial charge in [0.25, 0.3) is 0 Å². The normalized spacial score (nSPS) is 15.9. The van der Waals surface area contributed by atoms with Crippen molar-refractivity contribution in [2.75, 3.05) is 0 Å². The van der Waals surface area contributed by atoms with E-state index in [1.807, 2.05) is 0 Å². The molecule has 0 N–H and O–H groups in total. The molecule has 0 aromatic carbocycles. The molecular weight excluding hydrogens is 324 g/mol. The van der Waals surface area contributed by atoms with Gasteiger partial charge in [0.05, 0.1) is 0 Å². The van der Waals surface area contributed by atoms with E-state index in [0.29, 0.717) is 0 Å². The average Bonchev–Trinajstić information content (AvgIpc) is 2.13. The molecule has 0 bridgehead atoms. The zero-order valence-electron chi connectivity index (χ0n) is 9.26. The molecule has 0 fully saturated rings. The maximum atomic E-state index is 11.6. The molecule has 0 spiro atoms. The second kappa shape index (κ2) is 8.45. The Morgan fingerprint density at radius 3 is 0.750 bits per heavy atom. The Hall–Kier alpha value is -0.840. The van der Waals surface area contributed by atoms with E-state index in [2.05, 4.69) is 0 Å². The number of hydrogen-bond donors (Lipinski definition) is 0. The summed E-state index contributed by atoms with van der Waals surface area (Å²) < 4.78 is 134. The highest BCUT2D eigenvalue weighted by molar-refractivity contribution is 4.66. The molecule has 0 aliphatic rings. The van der Waals surface area contributed by atoms with Gasteiger partial charge in [-0.25, -0.2) is 26.3 Å². The van der Waals surface area contributed by atoms with E-state index in [-0.39, 0.29) is 0 Å². The zero-order valence-corrected chi connectivity index (χ0v) is 9.26. The standard InChI is InChI=1S/2C4H4F6/c2*5-2(1-3(6)7)4(8,9)10/h2*2-3H,1H2. The Kier molecular flexibility index (Phi) is 9.06. The van der Waals surface area contributed by atoms with Crippen molar-refractivity contribution in [1.82, 2.24) is 0 Å². The molecule has 0 aliphatic heterocycles. The third-order valence-corrected chi connectivity index (χ3v) is 1.48. The Balaban J connectivity index is 0. The van der Waals surface area contributed by atoms with E-state index in [1.54, 1.807) is 0 Å². The topological polar surface area (TPSA) is 0 Å². The van der Waals surface area contributed by atoms with E-state index < -0.39 is 50.4 Å². The maximum absolute atomic E-state index is 11.6. The lowest BCUT2D eigenvalue weighted by Crippen LogP contribution is -2.26. The maximum Gasteiger partial charge on any atom is 0.419 e. The van der Waals surface area contributed by atoms with Gasteiger partial charge < -0.3 is 0 Å². The smallest absolute Gasteiger partial charge is 0.237 e. The summed E-state index contributed by atoms with van der Waals surface area (Å²) in [5, 5.41) is 0. The van der Waals surface area contributed by atoms with Crippen LogP contribution in [0.2, 0.25) is 0 Å². The molecule has 0 radical (unpaired) electrons. The largest absolute Gasteiger partial charge is 0.419 e. The van der Waals surface area contributed by atoms with Crippen LogP contribution < -0.4 is 0 Å². The second-order valence-corrected chi connectivity index (χ2v) is 3.27. The van der Waals surface area contributed by atoms with Crippen LogP contribution in [0.5, 0.6) is 0 Å². The predicted octanol–water partition coefficient (Wildman–Crippen LogP) is 5.08. The first kappa shape index (κ1) is 21.5. The first-order valence-electron chi connectivity index (χ1n) is 4.65. The van der Waals surface area contributed by atoms with Crippen molar-refractivity contribution in [3.63, 3.8) is 0 Å². The van der Waals surface area contributed by atoms with Crippen LogP contribution in [-0.4, -0.2) is 37.5 Å². The predicted molar refractivity (Wildman–Crippen MR) is 43.1 cm³/mol. The third-order valence-electron chi connectivity index (χ3n) is 1.48. The molecule has 0 saturated heterocycles. The first-order valence-corrected chi connectivity index (χ1v) is 4.65. The highest BCUT2D eigenvalue weighted by Gasteiger charge is 2.42. The van der Waals surface area contributed by atoms with Crippen LogP contribution in [0.15, 0.2) is 0 Å². The molecule has 0 rings (SSSR count). The van der Waals surface area contributed by atoms with Gasteiger partial charge >= 0.3 is 12.4 Å². The SMILES string of the molecule is FC(F)CC(F)C(F)(F)F.FC(F)CC(F)C(F)(F)F. The van der Waals surface area contributed by atoms with Crippen LogP contribution in [0.4, 0.5) is 52.7 Å². The van der Waals surface area contributed by atoms with Gasteiger partial charge in [-0.05, 0) is 0 Å². The van der Waals surface area contributed by atoms with Crippen molar-refractivity contribution in [3.8, 4) is 0 Å². The van der Waals surface area contributed by atoms with Gasteiger partial charge in [-0.1, -0.05) is 0 Å². The highest BCUT2D eigenvalue weighted by Crippen LogP contribution is 2.27. The summed E-state index contributed by atoms with van der Waals surface area (Å²) in [6.07, 6.45) is -27.2. The molecule has 0 aromatic rings. The highest BCUT2D eigenvalue weighted by atomic mass is 19.4. The third kappa shape index (κ3) is 12.2. The van der Waals surface area contributed by atoms with Crippen LogP contribution in [0.3, 0.4) is 0 Å². The van der Waals surface area contributed by atoms with Gasteiger partial charge in [-0.2, -0.15) is 26.3 Å². The Labute approximate surface area is 104 Å². The summed E-state index contributed by atoms with van der Waals surface area (Å²) in [4.78, 5) is 0. The fourth-order valence-electron chi connectivity index (χ4n) is 0.580. The minimum atomic E-state index is -5.16. The minimum absolute atomic E-state index is 1.77. The minimum Gasteiger partial charge on any atom is -0.237 e. The van der Waals surface area contributed by atoms with E-state index in [9.17, 15) is 52.7 Å². The van der Waals surface area contributed by atoms with Gasteiger partial charge in [-0.15, -0.1) is 0 Å². The molecule has 0 nitrogen and oxygen atoms in total. The lowest BCUT2D eigenvalue weighted by Gasteiger charge is -2.10. The van der Waals surface area contributed by atoms with Crippen molar-refractivity contribution in [1.29, 1.82) is 0 Å². The molecule has 124 valence electrons. The Bertz CT molecular complexity index is 215. The summed E-state index contributed by atoms with van der Waals surface area (Å²) in [6, 6.07) is 0. The summed E-state index contributed by atoms with van der Waals surface area (Å²) >= 11 is 0. The van der Waals surface area contributed by atoms with Crippen molar-refractivity contribution in [2.45, 2.75) is 50.4 Å². The molecule has 0 aliphatic carbocycles. The summed E-state index contributed by atoms with van der Waals surface area (Å²) in [7, 11) is 0. The zero-order chi connectivity index (χ0) is 16.7. The van der Waals surface area contributed by atoms with Crippen LogP contribution in [0.25, 0.3) is 0 Å². The fourth-order valence-corrected chi connectivity index (χ4v) is 0.580. The van der Waals surface area contributed by atoms with Crippen molar-refractivity contribution in [3.05, 3.63) is 0 Å². The number of hydrogen-bond acceptors (Lipinski definition) is 0. The van der Waals surface area contributed by atoms with Crippen LogP contribution in [0.1, 0.15) is 12.8 Å². The van der Waals surface area contributed by atoms with Crippen LogP contribution in [0, 0.1) is 0 Å². The van der Waals surface area contributed by atoms with E-state index in [4.69, 9.17) is 0 Å². The second-order valence-electron chi connectivity index (χ2n) is 3.27. The molecule has 0 aromatic heterocycles. The number of halogens is 12. The quantitative estimate of drug-likeness (QED) is 0.630. The van der Waals surface area contributed by atoms with Crippen molar-refractivity contribution >= 4 is 0 Å². The molecule has 20 heavy (non-hydrogen) atoms. The van der Waals surface area contributed by atoms with E-state index >= 15 is 0 Å². The summed E-state index contributed by atoms with van der Waals surface area (Å²) in [6.45, 7) is 0. The fraction of sp³-hybridized carbons (Fsp3) is 1.00. The molecule has 2 atom stereocenters. The average molecular weight is 332 g/mol. The van der Waals surface area contributed by atoms with Crippen molar-refractivity contribution in [2.24, 2.45) is 0 Å². The molecule has 0 amide bonds. The van der Waals surface area contributed by atoms with Gasteiger partial charge in [0.15, 0.2) is 0 Å².